The first-order valence-electron chi connectivity index (χ1n) is 9.49. The van der Waals surface area contributed by atoms with Gasteiger partial charge in [-0.05, 0) is 19.1 Å². The van der Waals surface area contributed by atoms with E-state index in [0.717, 1.165) is 25.6 Å². The fourth-order valence-corrected chi connectivity index (χ4v) is 4.81. The van der Waals surface area contributed by atoms with Crippen LogP contribution in [0.1, 0.15) is 51.9 Å². The van der Waals surface area contributed by atoms with Crippen LogP contribution in [0.15, 0.2) is 46.1 Å². The number of rotatable bonds is 6. The van der Waals surface area contributed by atoms with Crippen molar-refractivity contribution >= 4 is 45.1 Å². The van der Waals surface area contributed by atoms with Crippen LogP contribution in [-0.4, -0.2) is 42.5 Å². The molecule has 1 heterocycles. The van der Waals surface area contributed by atoms with Gasteiger partial charge >= 0.3 is 11.9 Å². The third-order valence-corrected chi connectivity index (χ3v) is 6.84. The highest BCUT2D eigenvalue weighted by molar-refractivity contribution is 7.90. The Morgan fingerprint density at radius 1 is 1.09 bits per heavy atom. The Balaban J connectivity index is 2.31. The number of hydrogen-bond acceptors (Lipinski definition) is 9. The summed E-state index contributed by atoms with van der Waals surface area (Å²) in [5.41, 5.74) is 4.71. The zero-order valence-electron chi connectivity index (χ0n) is 17.7. The van der Waals surface area contributed by atoms with E-state index in [1.54, 1.807) is 19.1 Å². The lowest BCUT2D eigenvalue weighted by atomic mass is 9.94. The van der Waals surface area contributed by atoms with Crippen molar-refractivity contribution in [1.29, 1.82) is 0 Å². The average Bonchev–Trinajstić information content (AvgIpc) is 3.15. The maximum Gasteiger partial charge on any atom is 0.303 e. The van der Waals surface area contributed by atoms with Gasteiger partial charge in [0.1, 0.15) is 23.0 Å². The number of nitrogens with two attached hydrogens (primary N) is 1. The zero-order chi connectivity index (χ0) is 24.7. The molecule has 1 aromatic heterocycles. The molecule has 1 aliphatic rings. The molecule has 1 aliphatic carbocycles. The van der Waals surface area contributed by atoms with Crippen molar-refractivity contribution in [2.24, 2.45) is 5.73 Å². The minimum absolute atomic E-state index is 0.166. The Morgan fingerprint density at radius 2 is 1.70 bits per heavy atom. The fourth-order valence-electron chi connectivity index (χ4n) is 3.25. The first-order chi connectivity index (χ1) is 15.4. The van der Waals surface area contributed by atoms with Gasteiger partial charge in [-0.25, -0.2) is 12.4 Å². The summed E-state index contributed by atoms with van der Waals surface area (Å²) in [6, 6.07) is 5.79. The molecule has 0 saturated heterocycles. The van der Waals surface area contributed by atoms with Crippen LogP contribution in [-0.2, 0) is 29.1 Å². The summed E-state index contributed by atoms with van der Waals surface area (Å²) in [6.07, 6.45) is -0.426. The molecule has 0 radical (unpaired) electrons. The largest absolute Gasteiger partial charge is 0.462 e. The molecule has 1 unspecified atom stereocenters. The predicted molar refractivity (Wildman–Crippen MR) is 115 cm³/mol. The molecule has 10 nitrogen and oxygen atoms in total. The van der Waals surface area contributed by atoms with Crippen molar-refractivity contribution in [2.75, 3.05) is 6.61 Å². The second kappa shape index (κ2) is 8.83. The van der Waals surface area contributed by atoms with E-state index in [2.05, 4.69) is 0 Å². The number of Topliss-reactive ketones (excluding diaryl/α,β-unsaturated/α-hetero) is 2. The van der Waals surface area contributed by atoms with Crippen LogP contribution in [0.4, 0.5) is 0 Å². The van der Waals surface area contributed by atoms with Gasteiger partial charge in [0.25, 0.3) is 10.0 Å². The van der Waals surface area contributed by atoms with Gasteiger partial charge in [0.05, 0.1) is 10.5 Å². The highest BCUT2D eigenvalue weighted by Gasteiger charge is 2.41. The predicted octanol–water partition coefficient (Wildman–Crippen LogP) is 1.99. The first-order valence-corrected chi connectivity index (χ1v) is 11.3. The molecule has 1 aromatic carbocycles. The van der Waals surface area contributed by atoms with Crippen LogP contribution in [0.5, 0.6) is 0 Å². The average molecular weight is 495 g/mol. The van der Waals surface area contributed by atoms with Gasteiger partial charge in [0.15, 0.2) is 6.10 Å². The number of aromatic nitrogens is 1. The summed E-state index contributed by atoms with van der Waals surface area (Å²) in [6.45, 7) is 3.42. The lowest BCUT2D eigenvalue weighted by Gasteiger charge is -2.19. The van der Waals surface area contributed by atoms with Crippen molar-refractivity contribution < 1.29 is 37.1 Å². The standard InChI is InChI=1S/C21H19ClN2O8S/c1-10-4-6-13(7-5-10)33(29,30)24-8-14(15(32-12(3)26)9-31-11(2)25)16-19(24)21(28)18(23)17(22)20(16)27/h4-8,15H,9,23H2,1-3H3. The smallest absolute Gasteiger partial charge is 0.303 e. The summed E-state index contributed by atoms with van der Waals surface area (Å²) < 4.78 is 37.5. The number of nitrogens with zero attached hydrogens (tertiary/aromatic N) is 1. The number of ketones is 2. The summed E-state index contributed by atoms with van der Waals surface area (Å²) in [4.78, 5) is 48.7. The van der Waals surface area contributed by atoms with Crippen molar-refractivity contribution in [3.63, 3.8) is 0 Å². The number of carbonyl (C=O) groups excluding carboxylic acids is 4. The third-order valence-electron chi connectivity index (χ3n) is 4.80. The number of hydrogen-bond donors (Lipinski definition) is 1. The molecule has 174 valence electrons. The Bertz CT molecular complexity index is 1320. The topological polar surface area (TPSA) is 152 Å². The van der Waals surface area contributed by atoms with Crippen LogP contribution < -0.4 is 5.73 Å². The molecule has 0 saturated carbocycles. The van der Waals surface area contributed by atoms with E-state index in [1.165, 1.54) is 12.1 Å². The number of fused-ring (bicyclic) bond motifs is 1. The molecule has 0 bridgehead atoms. The van der Waals surface area contributed by atoms with Gasteiger partial charge in [-0.3, -0.25) is 19.2 Å². The van der Waals surface area contributed by atoms with Gasteiger partial charge in [-0.2, -0.15) is 0 Å². The second-order valence-corrected chi connectivity index (χ2v) is 9.40. The van der Waals surface area contributed by atoms with E-state index < -0.39 is 68.2 Å². The molecule has 2 aromatic rings. The molecule has 3 rings (SSSR count). The maximum absolute atomic E-state index is 13.4. The normalized spacial score (nSPS) is 14.7. The van der Waals surface area contributed by atoms with Gasteiger partial charge in [0.2, 0.25) is 11.6 Å². The van der Waals surface area contributed by atoms with Gasteiger partial charge in [0, 0.05) is 25.6 Å². The van der Waals surface area contributed by atoms with Crippen molar-refractivity contribution in [1.82, 2.24) is 3.97 Å². The highest BCUT2D eigenvalue weighted by Crippen LogP contribution is 2.36. The summed E-state index contributed by atoms with van der Waals surface area (Å²) in [7, 11) is -4.39. The summed E-state index contributed by atoms with van der Waals surface area (Å²) in [5.74, 6) is -3.44. The summed E-state index contributed by atoms with van der Waals surface area (Å²) >= 11 is 5.94. The highest BCUT2D eigenvalue weighted by atomic mass is 35.5. The zero-order valence-corrected chi connectivity index (χ0v) is 19.3. The number of ether oxygens (including phenoxy) is 2. The number of halogens is 1. The quantitative estimate of drug-likeness (QED) is 0.594. The molecule has 0 aliphatic heterocycles. The van der Waals surface area contributed by atoms with Crippen LogP contribution >= 0.6 is 11.6 Å². The van der Waals surface area contributed by atoms with Crippen molar-refractivity contribution in [3.8, 4) is 0 Å². The minimum atomic E-state index is -4.39. The molecule has 0 spiro atoms. The number of aryl methyl sites for hydroxylation is 1. The molecule has 2 N–H and O–H groups in total. The molecule has 12 heteroatoms. The van der Waals surface area contributed by atoms with Crippen LogP contribution in [0.2, 0.25) is 0 Å². The van der Waals surface area contributed by atoms with E-state index in [1.807, 2.05) is 0 Å². The minimum Gasteiger partial charge on any atom is -0.462 e. The van der Waals surface area contributed by atoms with E-state index in [9.17, 15) is 27.6 Å². The van der Waals surface area contributed by atoms with E-state index in [4.69, 9.17) is 26.8 Å². The number of carbonyl (C=O) groups is 4. The van der Waals surface area contributed by atoms with E-state index in [0.29, 0.717) is 3.97 Å². The third kappa shape index (κ3) is 4.41. The maximum atomic E-state index is 13.4. The molecular weight excluding hydrogens is 476 g/mol. The number of benzene rings is 1. The van der Waals surface area contributed by atoms with Crippen LogP contribution in [0, 0.1) is 6.92 Å². The molecular formula is C21H19ClN2O8S. The van der Waals surface area contributed by atoms with E-state index in [-0.39, 0.29) is 10.5 Å². The Hall–Kier alpha value is -3.44. The number of allylic oxidation sites excluding steroid dienone is 2. The first kappa shape index (κ1) is 24.2. The molecule has 33 heavy (non-hydrogen) atoms. The monoisotopic (exact) mass is 494 g/mol. The Morgan fingerprint density at radius 3 is 2.24 bits per heavy atom. The Labute approximate surface area is 194 Å². The number of esters is 2. The molecule has 0 amide bonds. The SMILES string of the molecule is CC(=O)OCC(OC(C)=O)c1cn(S(=O)(=O)c2ccc(C)cc2)c2c1C(=O)C(Cl)=C(N)C2=O. The van der Waals surface area contributed by atoms with E-state index >= 15 is 0 Å². The molecule has 1 atom stereocenters. The van der Waals surface area contributed by atoms with Crippen molar-refractivity contribution in [2.45, 2.75) is 31.8 Å². The fraction of sp³-hybridized carbons (Fsp3) is 0.238. The van der Waals surface area contributed by atoms with Crippen molar-refractivity contribution in [3.05, 3.63) is 63.6 Å². The van der Waals surface area contributed by atoms with Gasteiger partial charge < -0.3 is 15.2 Å². The van der Waals surface area contributed by atoms with Gasteiger partial charge in [-0.1, -0.05) is 29.3 Å². The molecule has 0 fully saturated rings. The van der Waals surface area contributed by atoms with Gasteiger partial charge in [-0.15, -0.1) is 0 Å². The lowest BCUT2D eigenvalue weighted by Crippen LogP contribution is -2.29. The second-order valence-electron chi connectivity index (χ2n) is 7.21. The van der Waals surface area contributed by atoms with Crippen LogP contribution in [0.3, 0.4) is 0 Å². The van der Waals surface area contributed by atoms with Crippen LogP contribution in [0.25, 0.3) is 0 Å². The summed E-state index contributed by atoms with van der Waals surface area (Å²) in [5, 5.41) is -0.603. The Kier molecular flexibility index (Phi) is 6.48. The lowest BCUT2D eigenvalue weighted by molar-refractivity contribution is -0.156.